The van der Waals surface area contributed by atoms with Crippen molar-refractivity contribution < 1.29 is 4.74 Å². The highest BCUT2D eigenvalue weighted by Gasteiger charge is 2.31. The van der Waals surface area contributed by atoms with Gasteiger partial charge in [-0.3, -0.25) is 4.90 Å². The number of ether oxygens (including phenoxy) is 1. The number of nitrogens with zero attached hydrogens (tertiary/aromatic N) is 1. The van der Waals surface area contributed by atoms with Crippen molar-refractivity contribution in [3.8, 4) is 16.9 Å². The van der Waals surface area contributed by atoms with Crippen molar-refractivity contribution in [3.05, 3.63) is 90.0 Å². The Labute approximate surface area is 162 Å². The van der Waals surface area contributed by atoms with Crippen LogP contribution in [0.2, 0.25) is 0 Å². The fraction of sp³-hybridized carbons (Fsp3) is 0.280. The predicted octanol–water partition coefficient (Wildman–Crippen LogP) is 6.26. The lowest BCUT2D eigenvalue weighted by Gasteiger charge is -2.32. The molecule has 138 valence electrons. The molecule has 1 unspecified atom stereocenters. The van der Waals surface area contributed by atoms with E-state index in [2.05, 4.69) is 84.6 Å². The largest absolute Gasteiger partial charge is 0.497 e. The molecular weight excluding hydrogens is 330 g/mol. The average Bonchev–Trinajstić information content (AvgIpc) is 3.23. The summed E-state index contributed by atoms with van der Waals surface area (Å²) >= 11 is 0. The number of methoxy groups -OCH3 is 1. The van der Waals surface area contributed by atoms with Gasteiger partial charge in [0, 0.05) is 12.1 Å². The summed E-state index contributed by atoms with van der Waals surface area (Å²) in [4.78, 5) is 2.66. The molecule has 0 bridgehead atoms. The molecule has 0 saturated carbocycles. The molecule has 3 aromatic carbocycles. The molecule has 3 aromatic rings. The van der Waals surface area contributed by atoms with E-state index in [0.717, 1.165) is 12.3 Å². The third kappa shape index (κ3) is 3.63. The quantitative estimate of drug-likeness (QED) is 0.534. The lowest BCUT2D eigenvalue weighted by atomic mass is 9.92. The summed E-state index contributed by atoms with van der Waals surface area (Å²) in [6.07, 6.45) is 2.45. The van der Waals surface area contributed by atoms with E-state index in [1.54, 1.807) is 7.11 Å². The third-order valence-electron chi connectivity index (χ3n) is 5.77. The molecule has 1 fully saturated rings. The van der Waals surface area contributed by atoms with Crippen LogP contribution in [0.1, 0.15) is 43.0 Å². The molecule has 1 saturated heterocycles. The monoisotopic (exact) mass is 357 g/mol. The van der Waals surface area contributed by atoms with E-state index >= 15 is 0 Å². The molecule has 2 heteroatoms. The summed E-state index contributed by atoms with van der Waals surface area (Å²) < 4.78 is 5.45. The van der Waals surface area contributed by atoms with E-state index in [1.807, 2.05) is 6.07 Å². The Balaban J connectivity index is 1.70. The van der Waals surface area contributed by atoms with Crippen LogP contribution in [0.4, 0.5) is 0 Å². The van der Waals surface area contributed by atoms with Crippen molar-refractivity contribution in [2.45, 2.75) is 31.8 Å². The van der Waals surface area contributed by atoms with Gasteiger partial charge in [0.1, 0.15) is 5.75 Å². The Morgan fingerprint density at radius 2 is 1.70 bits per heavy atom. The normalized spacial score (nSPS) is 18.4. The lowest BCUT2D eigenvalue weighted by Crippen LogP contribution is -2.27. The summed E-state index contributed by atoms with van der Waals surface area (Å²) in [7, 11) is 1.73. The van der Waals surface area contributed by atoms with E-state index in [-0.39, 0.29) is 0 Å². The molecule has 0 amide bonds. The number of benzene rings is 3. The van der Waals surface area contributed by atoms with Gasteiger partial charge in [0.25, 0.3) is 0 Å². The van der Waals surface area contributed by atoms with Gasteiger partial charge in [-0.05, 0) is 60.7 Å². The molecule has 2 atom stereocenters. The van der Waals surface area contributed by atoms with Crippen molar-refractivity contribution in [1.82, 2.24) is 4.90 Å². The van der Waals surface area contributed by atoms with Crippen LogP contribution in [0, 0.1) is 0 Å². The van der Waals surface area contributed by atoms with Crippen LogP contribution in [0.5, 0.6) is 5.75 Å². The summed E-state index contributed by atoms with van der Waals surface area (Å²) in [5.74, 6) is 0.906. The first kappa shape index (κ1) is 17.8. The zero-order valence-corrected chi connectivity index (χ0v) is 16.1. The van der Waals surface area contributed by atoms with Crippen molar-refractivity contribution in [2.75, 3.05) is 13.7 Å². The first-order chi connectivity index (χ1) is 13.3. The van der Waals surface area contributed by atoms with Gasteiger partial charge in [0.05, 0.1) is 7.11 Å². The van der Waals surface area contributed by atoms with Gasteiger partial charge in [-0.25, -0.2) is 0 Å². The van der Waals surface area contributed by atoms with E-state index < -0.39 is 0 Å². The Bertz CT molecular complexity index is 890. The molecule has 0 aromatic heterocycles. The van der Waals surface area contributed by atoms with Gasteiger partial charge >= 0.3 is 0 Å². The van der Waals surface area contributed by atoms with Crippen molar-refractivity contribution >= 4 is 0 Å². The zero-order valence-electron chi connectivity index (χ0n) is 16.1. The van der Waals surface area contributed by atoms with Crippen molar-refractivity contribution in [3.63, 3.8) is 0 Å². The second-order valence-electron chi connectivity index (χ2n) is 7.30. The van der Waals surface area contributed by atoms with Gasteiger partial charge in [-0.2, -0.15) is 0 Å². The molecular formula is C25H27NO. The standard InChI is InChI=1S/C25H27NO/c1-19(20-10-4-3-5-11-20)26-17-9-16-25(26)24-15-7-6-14-23(24)21-12-8-13-22(18-21)27-2/h3-8,10-15,18-19,25H,9,16-17H2,1-2H3/t19?,25-/m1/s1. The first-order valence-corrected chi connectivity index (χ1v) is 9.82. The van der Waals surface area contributed by atoms with Gasteiger partial charge in [-0.15, -0.1) is 0 Å². The van der Waals surface area contributed by atoms with Gasteiger partial charge in [-0.1, -0.05) is 66.7 Å². The minimum absolute atomic E-state index is 0.414. The minimum atomic E-state index is 0.414. The zero-order chi connectivity index (χ0) is 18.6. The number of hydrogen-bond donors (Lipinski definition) is 0. The van der Waals surface area contributed by atoms with Crippen molar-refractivity contribution in [2.24, 2.45) is 0 Å². The molecule has 0 N–H and O–H groups in total. The van der Waals surface area contributed by atoms with Gasteiger partial charge < -0.3 is 4.74 Å². The first-order valence-electron chi connectivity index (χ1n) is 9.82. The van der Waals surface area contributed by atoms with Crippen LogP contribution in [0.25, 0.3) is 11.1 Å². The smallest absolute Gasteiger partial charge is 0.119 e. The number of hydrogen-bond acceptors (Lipinski definition) is 2. The summed E-state index contributed by atoms with van der Waals surface area (Å²) in [6.45, 7) is 3.48. The van der Waals surface area contributed by atoms with Crippen LogP contribution < -0.4 is 4.74 Å². The molecule has 0 radical (unpaired) electrons. The molecule has 1 heterocycles. The topological polar surface area (TPSA) is 12.5 Å². The maximum atomic E-state index is 5.45. The van der Waals surface area contributed by atoms with Crippen LogP contribution >= 0.6 is 0 Å². The SMILES string of the molecule is COc1cccc(-c2ccccc2[C@H]2CCCN2C(C)c2ccccc2)c1. The van der Waals surface area contributed by atoms with E-state index in [9.17, 15) is 0 Å². The summed E-state index contributed by atoms with van der Waals surface area (Å²) in [6, 6.07) is 29.0. The molecule has 1 aliphatic heterocycles. The Morgan fingerprint density at radius 1 is 0.926 bits per heavy atom. The second kappa shape index (κ2) is 7.98. The molecule has 1 aliphatic rings. The highest BCUT2D eigenvalue weighted by atomic mass is 16.5. The van der Waals surface area contributed by atoms with Crippen LogP contribution in [-0.4, -0.2) is 18.6 Å². The average molecular weight is 357 g/mol. The Kier molecular flexibility index (Phi) is 5.26. The maximum absolute atomic E-state index is 5.45. The van der Waals surface area contributed by atoms with Crippen LogP contribution in [0.15, 0.2) is 78.9 Å². The predicted molar refractivity (Wildman–Crippen MR) is 112 cm³/mol. The van der Waals surface area contributed by atoms with E-state index in [0.29, 0.717) is 12.1 Å². The van der Waals surface area contributed by atoms with Crippen LogP contribution in [0.3, 0.4) is 0 Å². The molecule has 27 heavy (non-hydrogen) atoms. The van der Waals surface area contributed by atoms with Gasteiger partial charge in [0.15, 0.2) is 0 Å². The second-order valence-corrected chi connectivity index (χ2v) is 7.30. The summed E-state index contributed by atoms with van der Waals surface area (Å²) in [5, 5.41) is 0. The lowest BCUT2D eigenvalue weighted by molar-refractivity contribution is 0.194. The number of likely N-dealkylation sites (tertiary alicyclic amines) is 1. The van der Waals surface area contributed by atoms with E-state index in [1.165, 1.54) is 35.1 Å². The van der Waals surface area contributed by atoms with Gasteiger partial charge in [0.2, 0.25) is 0 Å². The maximum Gasteiger partial charge on any atom is 0.119 e. The fourth-order valence-corrected chi connectivity index (χ4v) is 4.35. The molecule has 0 aliphatic carbocycles. The van der Waals surface area contributed by atoms with E-state index in [4.69, 9.17) is 4.74 Å². The minimum Gasteiger partial charge on any atom is -0.497 e. The highest BCUT2D eigenvalue weighted by molar-refractivity contribution is 5.69. The molecule has 2 nitrogen and oxygen atoms in total. The fourth-order valence-electron chi connectivity index (χ4n) is 4.35. The highest BCUT2D eigenvalue weighted by Crippen LogP contribution is 2.42. The Morgan fingerprint density at radius 3 is 2.52 bits per heavy atom. The van der Waals surface area contributed by atoms with Crippen LogP contribution in [-0.2, 0) is 0 Å². The molecule has 4 rings (SSSR count). The molecule has 0 spiro atoms. The van der Waals surface area contributed by atoms with Crippen molar-refractivity contribution in [1.29, 1.82) is 0 Å². The summed E-state index contributed by atoms with van der Waals surface area (Å²) in [5.41, 5.74) is 5.35. The third-order valence-corrected chi connectivity index (χ3v) is 5.77. The number of rotatable bonds is 5. The Hall–Kier alpha value is -2.58.